The van der Waals surface area contributed by atoms with Crippen LogP contribution < -0.4 is 4.72 Å². The monoisotopic (exact) mass is 470 g/mol. The summed E-state index contributed by atoms with van der Waals surface area (Å²) in [6.07, 6.45) is 0. The quantitative estimate of drug-likeness (QED) is 0.506. The van der Waals surface area contributed by atoms with Crippen LogP contribution in [0.25, 0.3) is 5.69 Å². The lowest BCUT2D eigenvalue weighted by Gasteiger charge is -2.21. The minimum absolute atomic E-state index is 0.264. The van der Waals surface area contributed by atoms with Crippen LogP contribution in [0.2, 0.25) is 0 Å². The van der Waals surface area contributed by atoms with Crippen LogP contribution in [0.5, 0.6) is 0 Å². The first-order valence-corrected chi connectivity index (χ1v) is 11.6. The Morgan fingerprint density at radius 2 is 1.82 bits per heavy atom. The van der Waals surface area contributed by atoms with Crippen LogP contribution in [0.15, 0.2) is 59.5 Å². The molecule has 0 aliphatic carbocycles. The second kappa shape index (κ2) is 9.94. The van der Waals surface area contributed by atoms with Crippen molar-refractivity contribution in [2.24, 2.45) is 5.92 Å². The Morgan fingerprint density at radius 1 is 1.18 bits per heavy atom. The predicted molar refractivity (Wildman–Crippen MR) is 118 cm³/mol. The molecule has 0 spiro atoms. The molecule has 0 bridgehead atoms. The number of rotatable bonds is 8. The summed E-state index contributed by atoms with van der Waals surface area (Å²) in [5, 5.41) is 13.9. The second-order valence-electron chi connectivity index (χ2n) is 7.65. The van der Waals surface area contributed by atoms with Gasteiger partial charge < -0.3 is 4.74 Å². The zero-order chi connectivity index (χ0) is 24.2. The van der Waals surface area contributed by atoms with E-state index in [2.05, 4.69) is 15.9 Å². The molecular weight excluding hydrogens is 447 g/mol. The summed E-state index contributed by atoms with van der Waals surface area (Å²) in [6, 6.07) is 14.7. The highest BCUT2D eigenvalue weighted by Gasteiger charge is 2.31. The number of esters is 1. The van der Waals surface area contributed by atoms with Crippen molar-refractivity contribution in [2.45, 2.75) is 38.3 Å². The number of hydrogen-bond acceptors (Lipinski definition) is 6. The lowest BCUT2D eigenvalue weighted by atomic mass is 10.1. The number of hydrogen-bond donors (Lipinski definition) is 1. The van der Waals surface area contributed by atoms with Crippen molar-refractivity contribution in [2.75, 3.05) is 0 Å². The van der Waals surface area contributed by atoms with Crippen LogP contribution in [0.4, 0.5) is 4.39 Å². The fourth-order valence-corrected chi connectivity index (χ4v) is 4.63. The van der Waals surface area contributed by atoms with Gasteiger partial charge >= 0.3 is 5.97 Å². The number of sulfonamides is 1. The Labute approximate surface area is 191 Å². The Balaban J connectivity index is 1.85. The van der Waals surface area contributed by atoms with Crippen LogP contribution in [0, 0.1) is 30.0 Å². The maximum Gasteiger partial charge on any atom is 0.324 e. The number of carbonyl (C=O) groups is 1. The maximum absolute atomic E-state index is 14.0. The highest BCUT2D eigenvalue weighted by atomic mass is 32.2. The van der Waals surface area contributed by atoms with Crippen LogP contribution in [-0.2, 0) is 26.2 Å². The largest absolute Gasteiger partial charge is 0.458 e. The van der Waals surface area contributed by atoms with E-state index in [1.54, 1.807) is 45.0 Å². The fourth-order valence-electron chi connectivity index (χ4n) is 3.22. The summed E-state index contributed by atoms with van der Waals surface area (Å²) in [4.78, 5) is 12.3. The van der Waals surface area contributed by atoms with Crippen LogP contribution in [-0.4, -0.2) is 30.2 Å². The molecule has 0 amide bonds. The van der Waals surface area contributed by atoms with E-state index in [-0.39, 0.29) is 12.2 Å². The number of carbonyl (C=O) groups excluding carboxylic acids is 1. The van der Waals surface area contributed by atoms with E-state index in [1.807, 2.05) is 6.07 Å². The van der Waals surface area contributed by atoms with E-state index in [1.165, 1.54) is 16.8 Å². The molecular formula is C23H23FN4O4S. The van der Waals surface area contributed by atoms with Gasteiger partial charge in [0.25, 0.3) is 0 Å². The lowest BCUT2D eigenvalue weighted by molar-refractivity contribution is -0.148. The second-order valence-corrected chi connectivity index (χ2v) is 9.33. The average Bonchev–Trinajstić information content (AvgIpc) is 3.11. The third-order valence-electron chi connectivity index (χ3n) is 4.95. The van der Waals surface area contributed by atoms with Crippen LogP contribution in [0.1, 0.15) is 30.8 Å². The van der Waals surface area contributed by atoms with E-state index < -0.39 is 38.7 Å². The number of nitriles is 1. The van der Waals surface area contributed by atoms with Crippen molar-refractivity contribution < 1.29 is 22.3 Å². The summed E-state index contributed by atoms with van der Waals surface area (Å²) in [5.74, 6) is -2.27. The molecule has 8 nitrogen and oxygen atoms in total. The van der Waals surface area contributed by atoms with Crippen molar-refractivity contribution >= 4 is 16.0 Å². The average molecular weight is 471 g/mol. The van der Waals surface area contributed by atoms with Gasteiger partial charge in [0, 0.05) is 0 Å². The van der Waals surface area contributed by atoms with E-state index >= 15 is 0 Å². The van der Waals surface area contributed by atoms with Crippen molar-refractivity contribution in [3.63, 3.8) is 0 Å². The highest BCUT2D eigenvalue weighted by Crippen LogP contribution is 2.20. The molecule has 0 saturated carbocycles. The van der Waals surface area contributed by atoms with Gasteiger partial charge in [0.15, 0.2) is 0 Å². The van der Waals surface area contributed by atoms with Gasteiger partial charge in [0.05, 0.1) is 17.1 Å². The lowest BCUT2D eigenvalue weighted by Crippen LogP contribution is -2.45. The van der Waals surface area contributed by atoms with Gasteiger partial charge in [0.1, 0.15) is 35.0 Å². The molecule has 0 aliphatic heterocycles. The number of ether oxygens (including phenoxy) is 1. The van der Waals surface area contributed by atoms with Gasteiger partial charge in [-0.05, 0) is 37.1 Å². The third kappa shape index (κ3) is 5.27. The zero-order valence-corrected chi connectivity index (χ0v) is 19.1. The maximum atomic E-state index is 14.0. The van der Waals surface area contributed by atoms with E-state index in [0.717, 1.165) is 12.1 Å². The number of para-hydroxylation sites is 1. The molecule has 0 aliphatic rings. The molecule has 0 unspecified atom stereocenters. The molecule has 10 heteroatoms. The Morgan fingerprint density at radius 3 is 2.42 bits per heavy atom. The molecule has 33 heavy (non-hydrogen) atoms. The number of halogens is 1. The van der Waals surface area contributed by atoms with Gasteiger partial charge in [-0.2, -0.15) is 15.1 Å². The van der Waals surface area contributed by atoms with Crippen molar-refractivity contribution in [3.8, 4) is 11.8 Å². The van der Waals surface area contributed by atoms with Gasteiger partial charge in [-0.25, -0.2) is 17.5 Å². The smallest absolute Gasteiger partial charge is 0.324 e. The zero-order valence-electron chi connectivity index (χ0n) is 18.3. The first-order chi connectivity index (χ1) is 15.7. The van der Waals surface area contributed by atoms with Crippen LogP contribution >= 0.6 is 0 Å². The molecule has 3 rings (SSSR count). The normalized spacial score (nSPS) is 12.4. The van der Waals surface area contributed by atoms with Gasteiger partial charge in [-0.1, -0.05) is 44.2 Å². The third-order valence-corrected chi connectivity index (χ3v) is 6.42. The van der Waals surface area contributed by atoms with Crippen molar-refractivity contribution in [1.29, 1.82) is 5.26 Å². The van der Waals surface area contributed by atoms with E-state index in [0.29, 0.717) is 17.1 Å². The molecule has 1 N–H and O–H groups in total. The molecule has 1 aromatic heterocycles. The fraction of sp³-hybridized carbons (Fsp3) is 0.261. The van der Waals surface area contributed by atoms with Crippen LogP contribution in [0.3, 0.4) is 0 Å². The standard InChI is InChI=1S/C23H23FN4O4S/c1-15(2)22(27-33(30,31)21-12-8-7-11-19(21)24)23(29)32-14-20-18(13-25)16(3)26-28(20)17-9-5-4-6-10-17/h4-12,15,22,27H,14H2,1-3H3/t22-/m0/s1. The number of aryl methyl sites for hydroxylation is 1. The highest BCUT2D eigenvalue weighted by molar-refractivity contribution is 7.89. The molecule has 2 aromatic carbocycles. The molecule has 1 heterocycles. The number of nitrogens with one attached hydrogen (secondary N) is 1. The first kappa shape index (κ1) is 24.1. The number of aromatic nitrogens is 2. The molecule has 0 saturated heterocycles. The predicted octanol–water partition coefficient (Wildman–Crippen LogP) is 3.24. The van der Waals surface area contributed by atoms with Crippen molar-refractivity contribution in [1.82, 2.24) is 14.5 Å². The van der Waals surface area contributed by atoms with Gasteiger partial charge in [-0.3, -0.25) is 4.79 Å². The first-order valence-electron chi connectivity index (χ1n) is 10.1. The summed E-state index contributed by atoms with van der Waals surface area (Å²) in [5.41, 5.74) is 1.76. The minimum atomic E-state index is -4.32. The summed E-state index contributed by atoms with van der Waals surface area (Å²) < 4.78 is 48.5. The molecule has 172 valence electrons. The SMILES string of the molecule is Cc1nn(-c2ccccc2)c(COC(=O)[C@@H](NS(=O)(=O)c2ccccc2F)C(C)C)c1C#N. The number of nitrogens with zero attached hydrogens (tertiary/aromatic N) is 3. The van der Waals surface area contributed by atoms with Crippen molar-refractivity contribution in [3.05, 3.63) is 77.4 Å². The summed E-state index contributed by atoms with van der Waals surface area (Å²) in [7, 11) is -4.32. The molecule has 3 aromatic rings. The molecule has 1 atom stereocenters. The van der Waals surface area contributed by atoms with E-state index in [4.69, 9.17) is 4.74 Å². The van der Waals surface area contributed by atoms with Gasteiger partial charge in [0.2, 0.25) is 10.0 Å². The topological polar surface area (TPSA) is 114 Å². The Bertz CT molecular complexity index is 1300. The van der Waals surface area contributed by atoms with E-state index in [9.17, 15) is 22.9 Å². The molecule has 0 fully saturated rings. The van der Waals surface area contributed by atoms with Gasteiger partial charge in [-0.15, -0.1) is 0 Å². The number of benzene rings is 2. The Kier molecular flexibility index (Phi) is 7.26. The Hall–Kier alpha value is -3.55. The minimum Gasteiger partial charge on any atom is -0.458 e. The molecule has 0 radical (unpaired) electrons. The summed E-state index contributed by atoms with van der Waals surface area (Å²) in [6.45, 7) is 4.63. The summed E-state index contributed by atoms with van der Waals surface area (Å²) >= 11 is 0.